The van der Waals surface area contributed by atoms with Crippen molar-refractivity contribution >= 4 is 81.5 Å². The first kappa shape index (κ1) is 33.0. The topological polar surface area (TPSA) is 17.4 Å². The largest absolute Gasteiger partial charge is 0.485 e. The normalized spacial score (nSPS) is 14.7. The zero-order valence-corrected chi connectivity index (χ0v) is 32.4. The van der Waals surface area contributed by atoms with Crippen LogP contribution in [0.15, 0.2) is 200 Å². The predicted molar refractivity (Wildman–Crippen MR) is 245 cm³/mol. The summed E-state index contributed by atoms with van der Waals surface area (Å²) in [6, 6.07) is 68.3. The Bertz CT molecular complexity index is 3240. The Balaban J connectivity index is 0.968. The van der Waals surface area contributed by atoms with E-state index in [9.17, 15) is 0 Å². The highest BCUT2D eigenvalue weighted by atomic mass is 32.1. The van der Waals surface area contributed by atoms with E-state index in [0.29, 0.717) is 0 Å². The number of allylic oxidation sites excluding steroid dienone is 2. The number of hydrogen-bond acceptors (Lipinski definition) is 3. The molecule has 0 amide bonds. The first-order valence-electron chi connectivity index (χ1n) is 19.9. The molecule has 0 bridgehead atoms. The number of para-hydroxylation sites is 3. The molecule has 0 radical (unpaired) electrons. The standard InChI is InChI=1S/C54H36N2OS/c1-5-19-49-43(13-1)44-14-2-6-20-50(44)56(49)40-30-28-39(29-31-40)55(38-26-23-35(24-27-38)42-17-10-18-47-46-16-4-8-22-53(46)58-54(42)47)41-12-9-11-36(33-41)37-25-32-52-48(34-37)45-15-3-7-21-51(45)57-52/h1-31,33-34,52H,32H2. The maximum absolute atomic E-state index is 6.31. The maximum atomic E-state index is 6.31. The van der Waals surface area contributed by atoms with Gasteiger partial charge in [0.15, 0.2) is 0 Å². The summed E-state index contributed by atoms with van der Waals surface area (Å²) in [5.74, 6) is 0.977. The van der Waals surface area contributed by atoms with Crippen molar-refractivity contribution in [1.29, 1.82) is 0 Å². The molecule has 2 aromatic heterocycles. The van der Waals surface area contributed by atoms with E-state index in [1.807, 2.05) is 11.3 Å². The number of benzene rings is 8. The summed E-state index contributed by atoms with van der Waals surface area (Å²) in [5.41, 5.74) is 14.2. The minimum absolute atomic E-state index is 0.0748. The molecule has 58 heavy (non-hydrogen) atoms. The SMILES string of the molecule is C1=C(c2cccc(N(c3ccc(-c4cccc5c4sc4ccccc45)cc3)c3ccc(-n4c5ccccc5c5ccccc54)cc3)c2)C=C2c3ccccc3OC2C1. The van der Waals surface area contributed by atoms with Crippen LogP contribution in [0.1, 0.15) is 17.5 Å². The van der Waals surface area contributed by atoms with Gasteiger partial charge in [0.1, 0.15) is 11.9 Å². The van der Waals surface area contributed by atoms with Crippen LogP contribution in [0.2, 0.25) is 0 Å². The smallest absolute Gasteiger partial charge is 0.128 e. The van der Waals surface area contributed by atoms with Crippen LogP contribution < -0.4 is 9.64 Å². The fourth-order valence-corrected chi connectivity index (χ4v) is 10.4. The Morgan fingerprint density at radius 2 is 1.16 bits per heavy atom. The second-order valence-corrected chi connectivity index (χ2v) is 16.2. The van der Waals surface area contributed by atoms with Crippen molar-refractivity contribution < 1.29 is 4.74 Å². The quantitative estimate of drug-likeness (QED) is 0.168. The van der Waals surface area contributed by atoms with Crippen molar-refractivity contribution in [2.75, 3.05) is 4.90 Å². The summed E-state index contributed by atoms with van der Waals surface area (Å²) in [4.78, 5) is 2.39. The first-order valence-corrected chi connectivity index (χ1v) is 20.7. The third-order valence-electron chi connectivity index (χ3n) is 11.9. The molecular weight excluding hydrogens is 725 g/mol. The average Bonchev–Trinajstić information content (AvgIpc) is 3.97. The minimum Gasteiger partial charge on any atom is -0.485 e. The summed E-state index contributed by atoms with van der Waals surface area (Å²) < 4.78 is 11.3. The van der Waals surface area contributed by atoms with Crippen molar-refractivity contribution in [3.63, 3.8) is 0 Å². The molecule has 1 unspecified atom stereocenters. The lowest BCUT2D eigenvalue weighted by atomic mass is 9.90. The van der Waals surface area contributed by atoms with Gasteiger partial charge in [-0.25, -0.2) is 0 Å². The fourth-order valence-electron chi connectivity index (χ4n) is 9.19. The Hall–Kier alpha value is -7.14. The zero-order valence-electron chi connectivity index (χ0n) is 31.5. The number of rotatable bonds is 6. The molecule has 0 spiro atoms. The van der Waals surface area contributed by atoms with Gasteiger partial charge in [0.05, 0.1) is 11.0 Å². The lowest BCUT2D eigenvalue weighted by Gasteiger charge is -2.27. The number of hydrogen-bond donors (Lipinski definition) is 0. The van der Waals surface area contributed by atoms with Gasteiger partial charge >= 0.3 is 0 Å². The first-order chi connectivity index (χ1) is 28.7. The zero-order chi connectivity index (χ0) is 38.2. The van der Waals surface area contributed by atoms with E-state index in [-0.39, 0.29) is 6.10 Å². The third-order valence-corrected chi connectivity index (χ3v) is 13.1. The van der Waals surface area contributed by atoms with E-state index in [2.05, 4.69) is 210 Å². The van der Waals surface area contributed by atoms with Gasteiger partial charge in [-0.3, -0.25) is 0 Å². The molecule has 12 rings (SSSR count). The molecule has 274 valence electrons. The van der Waals surface area contributed by atoms with Gasteiger partial charge < -0.3 is 14.2 Å². The van der Waals surface area contributed by atoms with Crippen molar-refractivity contribution in [3.8, 4) is 22.6 Å². The van der Waals surface area contributed by atoms with Gasteiger partial charge in [-0.1, -0.05) is 121 Å². The van der Waals surface area contributed by atoms with E-state index in [1.165, 1.54) is 75.4 Å². The molecule has 4 heteroatoms. The van der Waals surface area contributed by atoms with Gasteiger partial charge in [-0.05, 0) is 101 Å². The molecule has 0 saturated heterocycles. The number of fused-ring (bicyclic) bond motifs is 9. The molecule has 0 fully saturated rings. The number of ether oxygens (including phenoxy) is 1. The molecule has 3 heterocycles. The molecule has 1 aliphatic heterocycles. The molecular formula is C54H36N2OS. The number of anilines is 3. The van der Waals surface area contributed by atoms with Crippen LogP contribution in [0.3, 0.4) is 0 Å². The molecule has 0 saturated carbocycles. The second-order valence-electron chi connectivity index (χ2n) is 15.2. The van der Waals surface area contributed by atoms with Gasteiger partial charge in [-0.2, -0.15) is 0 Å². The highest BCUT2D eigenvalue weighted by Crippen LogP contribution is 2.45. The van der Waals surface area contributed by atoms with Crippen LogP contribution in [0.5, 0.6) is 5.75 Å². The molecule has 3 nitrogen and oxygen atoms in total. The van der Waals surface area contributed by atoms with Crippen LogP contribution in [0.25, 0.3) is 69.9 Å². The highest BCUT2D eigenvalue weighted by molar-refractivity contribution is 7.26. The Morgan fingerprint density at radius 3 is 1.95 bits per heavy atom. The third kappa shape index (κ3) is 5.26. The summed E-state index contributed by atoms with van der Waals surface area (Å²) in [5, 5.41) is 5.16. The van der Waals surface area contributed by atoms with Crippen LogP contribution in [0.4, 0.5) is 17.1 Å². The highest BCUT2D eigenvalue weighted by Gasteiger charge is 2.30. The van der Waals surface area contributed by atoms with Gasteiger partial charge in [0.25, 0.3) is 0 Å². The monoisotopic (exact) mass is 760 g/mol. The Kier molecular flexibility index (Phi) is 7.54. The van der Waals surface area contributed by atoms with E-state index >= 15 is 0 Å². The molecule has 10 aromatic rings. The minimum atomic E-state index is 0.0748. The maximum Gasteiger partial charge on any atom is 0.128 e. The van der Waals surface area contributed by atoms with Crippen LogP contribution >= 0.6 is 11.3 Å². The number of thiophene rings is 1. The van der Waals surface area contributed by atoms with Gasteiger partial charge in [0, 0.05) is 71.3 Å². The summed E-state index contributed by atoms with van der Waals surface area (Å²) in [6.45, 7) is 0. The van der Waals surface area contributed by atoms with Gasteiger partial charge in [0.2, 0.25) is 0 Å². The van der Waals surface area contributed by atoms with Gasteiger partial charge in [-0.15, -0.1) is 11.3 Å². The van der Waals surface area contributed by atoms with Crippen LogP contribution in [0, 0.1) is 0 Å². The Labute approximate surface area is 340 Å². The molecule has 0 N–H and O–H groups in total. The lowest BCUT2D eigenvalue weighted by Crippen LogP contribution is -2.14. The van der Waals surface area contributed by atoms with Crippen molar-refractivity contribution in [3.05, 3.63) is 211 Å². The predicted octanol–water partition coefficient (Wildman–Crippen LogP) is 14.9. The average molecular weight is 761 g/mol. The summed E-state index contributed by atoms with van der Waals surface area (Å²) in [6.07, 6.45) is 5.58. The summed E-state index contributed by atoms with van der Waals surface area (Å²) in [7, 11) is 0. The van der Waals surface area contributed by atoms with E-state index in [1.54, 1.807) is 0 Å². The Morgan fingerprint density at radius 1 is 0.517 bits per heavy atom. The van der Waals surface area contributed by atoms with Crippen molar-refractivity contribution in [2.24, 2.45) is 0 Å². The second kappa shape index (κ2) is 13.2. The van der Waals surface area contributed by atoms with Crippen LogP contribution in [-0.4, -0.2) is 10.7 Å². The molecule has 8 aromatic carbocycles. The van der Waals surface area contributed by atoms with Crippen LogP contribution in [-0.2, 0) is 0 Å². The van der Waals surface area contributed by atoms with Crippen molar-refractivity contribution in [1.82, 2.24) is 4.57 Å². The molecule has 1 aliphatic carbocycles. The lowest BCUT2D eigenvalue weighted by molar-refractivity contribution is 0.279. The van der Waals surface area contributed by atoms with E-state index in [0.717, 1.165) is 34.9 Å². The molecule has 1 atom stereocenters. The molecule has 2 aliphatic rings. The number of nitrogens with zero attached hydrogens (tertiary/aromatic N) is 2. The van der Waals surface area contributed by atoms with E-state index in [4.69, 9.17) is 4.74 Å². The van der Waals surface area contributed by atoms with Crippen molar-refractivity contribution in [2.45, 2.75) is 12.5 Å². The van der Waals surface area contributed by atoms with E-state index < -0.39 is 0 Å². The fraction of sp³-hybridized carbons (Fsp3) is 0.0370. The summed E-state index contributed by atoms with van der Waals surface area (Å²) >= 11 is 1.88. The number of aromatic nitrogens is 1.